The largest absolute Gasteiger partial charge is 0.350 e. The first-order valence-corrected chi connectivity index (χ1v) is 6.22. The zero-order valence-corrected chi connectivity index (χ0v) is 11.5. The highest BCUT2D eigenvalue weighted by atomic mass is 79.9. The lowest BCUT2D eigenvalue weighted by atomic mass is 10.2. The highest BCUT2D eigenvalue weighted by Gasteiger charge is 2.22. The Labute approximate surface area is 121 Å². The van der Waals surface area contributed by atoms with Crippen LogP contribution in [0, 0.1) is 20.2 Å². The minimum absolute atomic E-state index is 0.0628. The van der Waals surface area contributed by atoms with Gasteiger partial charge in [0.15, 0.2) is 0 Å². The van der Waals surface area contributed by atoms with E-state index in [9.17, 15) is 20.2 Å². The number of hydrogen-bond acceptors (Lipinski definition) is 5. The molecule has 102 valence electrons. The SMILES string of the molecule is O=[N+]([O-])c1cc(Nc2ccccc2)c([N+](=O)[O-])cc1Br. The molecule has 0 fully saturated rings. The van der Waals surface area contributed by atoms with Crippen molar-refractivity contribution in [2.45, 2.75) is 0 Å². The maximum Gasteiger partial charge on any atom is 0.294 e. The van der Waals surface area contributed by atoms with Crippen LogP contribution in [0.2, 0.25) is 0 Å². The lowest BCUT2D eigenvalue weighted by Crippen LogP contribution is -1.99. The topological polar surface area (TPSA) is 98.3 Å². The second-order valence-corrected chi connectivity index (χ2v) is 4.68. The number of hydrogen-bond donors (Lipinski definition) is 1. The minimum atomic E-state index is -0.607. The summed E-state index contributed by atoms with van der Waals surface area (Å²) in [5.41, 5.74) is 0.184. The van der Waals surface area contributed by atoms with Gasteiger partial charge in [0.1, 0.15) is 10.2 Å². The van der Waals surface area contributed by atoms with E-state index in [2.05, 4.69) is 21.2 Å². The van der Waals surface area contributed by atoms with Gasteiger partial charge in [-0.15, -0.1) is 0 Å². The van der Waals surface area contributed by atoms with Gasteiger partial charge in [0.2, 0.25) is 0 Å². The Hall–Kier alpha value is -2.48. The number of nitrogens with one attached hydrogen (secondary N) is 1. The van der Waals surface area contributed by atoms with E-state index in [0.29, 0.717) is 5.69 Å². The highest BCUT2D eigenvalue weighted by molar-refractivity contribution is 9.10. The van der Waals surface area contributed by atoms with Crippen molar-refractivity contribution in [3.05, 3.63) is 67.2 Å². The number of nitrogens with zero attached hydrogens (tertiary/aromatic N) is 2. The van der Waals surface area contributed by atoms with Crippen molar-refractivity contribution in [3.63, 3.8) is 0 Å². The Balaban J connectivity index is 2.51. The summed E-state index contributed by atoms with van der Waals surface area (Å²) in [6.45, 7) is 0. The van der Waals surface area contributed by atoms with Crippen molar-refractivity contribution in [2.24, 2.45) is 0 Å². The molecule has 0 bridgehead atoms. The number of nitro benzene ring substituents is 2. The van der Waals surface area contributed by atoms with Gasteiger partial charge in [-0.25, -0.2) is 0 Å². The first-order valence-electron chi connectivity index (χ1n) is 5.43. The van der Waals surface area contributed by atoms with Gasteiger partial charge in [0.25, 0.3) is 11.4 Å². The molecule has 0 unspecified atom stereocenters. The molecule has 0 saturated heterocycles. The molecular formula is C12H8BrN3O4. The zero-order valence-electron chi connectivity index (χ0n) is 9.95. The summed E-state index contributed by atoms with van der Waals surface area (Å²) in [5.74, 6) is 0. The van der Waals surface area contributed by atoms with Crippen LogP contribution >= 0.6 is 15.9 Å². The summed E-state index contributed by atoms with van der Waals surface area (Å²) in [6, 6.07) is 11.0. The molecule has 0 aliphatic rings. The number of benzene rings is 2. The van der Waals surface area contributed by atoms with E-state index in [1.807, 2.05) is 0 Å². The van der Waals surface area contributed by atoms with Gasteiger partial charge in [-0.05, 0) is 28.1 Å². The molecule has 20 heavy (non-hydrogen) atoms. The molecule has 2 aromatic carbocycles. The number of rotatable bonds is 4. The van der Waals surface area contributed by atoms with Gasteiger partial charge in [0, 0.05) is 17.8 Å². The Kier molecular flexibility index (Phi) is 3.94. The lowest BCUT2D eigenvalue weighted by Gasteiger charge is -2.07. The van der Waals surface area contributed by atoms with Crippen molar-refractivity contribution in [2.75, 3.05) is 5.32 Å². The van der Waals surface area contributed by atoms with E-state index in [1.165, 1.54) is 0 Å². The van der Waals surface area contributed by atoms with Crippen LogP contribution in [0.15, 0.2) is 46.9 Å². The average molecular weight is 338 g/mol. The van der Waals surface area contributed by atoms with E-state index in [1.54, 1.807) is 30.3 Å². The second kappa shape index (κ2) is 5.66. The number of nitro groups is 2. The standard InChI is InChI=1S/C12H8BrN3O4/c13-9-6-12(16(19)20)10(7-11(9)15(17)18)14-8-4-2-1-3-5-8/h1-7,14H. The molecular weight excluding hydrogens is 330 g/mol. The molecule has 1 N–H and O–H groups in total. The second-order valence-electron chi connectivity index (χ2n) is 3.83. The Bertz CT molecular complexity index is 676. The molecule has 0 radical (unpaired) electrons. The third-order valence-corrected chi connectivity index (χ3v) is 3.15. The maximum atomic E-state index is 11.0. The zero-order chi connectivity index (χ0) is 14.7. The Morgan fingerprint density at radius 3 is 2.10 bits per heavy atom. The molecule has 0 aliphatic carbocycles. The first kappa shape index (κ1) is 13.9. The molecule has 8 heteroatoms. The third kappa shape index (κ3) is 2.91. The van der Waals surface area contributed by atoms with Gasteiger partial charge in [-0.1, -0.05) is 18.2 Å². The van der Waals surface area contributed by atoms with Gasteiger partial charge < -0.3 is 5.32 Å². The van der Waals surface area contributed by atoms with Crippen LogP contribution in [0.1, 0.15) is 0 Å². The Morgan fingerprint density at radius 2 is 1.55 bits per heavy atom. The van der Waals surface area contributed by atoms with Crippen LogP contribution in [-0.4, -0.2) is 9.85 Å². The summed E-state index contributed by atoms with van der Waals surface area (Å²) < 4.78 is 0.0628. The predicted molar refractivity (Wildman–Crippen MR) is 77.2 cm³/mol. The Morgan fingerprint density at radius 1 is 0.950 bits per heavy atom. The molecule has 0 aromatic heterocycles. The predicted octanol–water partition coefficient (Wildman–Crippen LogP) is 4.01. The van der Waals surface area contributed by atoms with Crippen LogP contribution in [0.4, 0.5) is 22.7 Å². The summed E-state index contributed by atoms with van der Waals surface area (Å²) in [6.07, 6.45) is 0. The van der Waals surface area contributed by atoms with Crippen molar-refractivity contribution in [3.8, 4) is 0 Å². The van der Waals surface area contributed by atoms with E-state index >= 15 is 0 Å². The van der Waals surface area contributed by atoms with Gasteiger partial charge in [-0.2, -0.15) is 0 Å². The van der Waals surface area contributed by atoms with Crippen molar-refractivity contribution in [1.29, 1.82) is 0 Å². The fraction of sp³-hybridized carbons (Fsp3) is 0. The summed E-state index contributed by atoms with van der Waals surface area (Å²) >= 11 is 2.96. The quantitative estimate of drug-likeness (QED) is 0.671. The number of para-hydroxylation sites is 1. The first-order chi connectivity index (χ1) is 9.49. The molecule has 7 nitrogen and oxygen atoms in total. The molecule has 0 aliphatic heterocycles. The molecule has 0 atom stereocenters. The monoisotopic (exact) mass is 337 g/mol. The van der Waals surface area contributed by atoms with E-state index < -0.39 is 9.85 Å². The minimum Gasteiger partial charge on any atom is -0.350 e. The summed E-state index contributed by atoms with van der Waals surface area (Å²) in [4.78, 5) is 20.7. The fourth-order valence-electron chi connectivity index (χ4n) is 1.62. The van der Waals surface area contributed by atoms with E-state index in [4.69, 9.17) is 0 Å². The molecule has 0 amide bonds. The molecule has 0 saturated carbocycles. The summed E-state index contributed by atoms with van der Waals surface area (Å²) in [7, 11) is 0. The van der Waals surface area contributed by atoms with Crippen LogP contribution in [0.5, 0.6) is 0 Å². The normalized spacial score (nSPS) is 10.1. The molecule has 2 aromatic rings. The van der Waals surface area contributed by atoms with E-state index in [-0.39, 0.29) is 21.5 Å². The maximum absolute atomic E-state index is 11.0. The van der Waals surface area contributed by atoms with Crippen LogP contribution < -0.4 is 5.32 Å². The van der Waals surface area contributed by atoms with E-state index in [0.717, 1.165) is 12.1 Å². The van der Waals surface area contributed by atoms with Crippen LogP contribution in [0.25, 0.3) is 0 Å². The third-order valence-electron chi connectivity index (χ3n) is 2.51. The molecule has 0 heterocycles. The van der Waals surface area contributed by atoms with Crippen molar-refractivity contribution >= 4 is 38.7 Å². The lowest BCUT2D eigenvalue weighted by molar-refractivity contribution is -0.389. The molecule has 0 spiro atoms. The van der Waals surface area contributed by atoms with Crippen LogP contribution in [-0.2, 0) is 0 Å². The van der Waals surface area contributed by atoms with Crippen LogP contribution in [0.3, 0.4) is 0 Å². The smallest absolute Gasteiger partial charge is 0.294 e. The highest BCUT2D eigenvalue weighted by Crippen LogP contribution is 2.37. The van der Waals surface area contributed by atoms with Crippen molar-refractivity contribution < 1.29 is 9.85 Å². The summed E-state index contributed by atoms with van der Waals surface area (Å²) in [5, 5.41) is 24.7. The van der Waals surface area contributed by atoms with Gasteiger partial charge >= 0.3 is 0 Å². The van der Waals surface area contributed by atoms with Crippen molar-refractivity contribution in [1.82, 2.24) is 0 Å². The fourth-order valence-corrected chi connectivity index (χ4v) is 2.10. The number of anilines is 2. The molecule has 2 rings (SSSR count). The number of halogens is 1. The van der Waals surface area contributed by atoms with Gasteiger partial charge in [0.05, 0.1) is 9.85 Å². The van der Waals surface area contributed by atoms with Gasteiger partial charge in [-0.3, -0.25) is 20.2 Å². The average Bonchev–Trinajstić information content (AvgIpc) is 2.41.